The second-order valence-electron chi connectivity index (χ2n) is 4.98. The van der Waals surface area contributed by atoms with Crippen LogP contribution in [0.2, 0.25) is 0 Å². The van der Waals surface area contributed by atoms with Crippen molar-refractivity contribution in [3.8, 4) is 5.75 Å². The fourth-order valence-electron chi connectivity index (χ4n) is 1.38. The molecule has 0 saturated carbocycles. The molecule has 0 radical (unpaired) electrons. The van der Waals surface area contributed by atoms with Gasteiger partial charge < -0.3 is 4.74 Å². The zero-order valence-electron chi connectivity index (χ0n) is 10.4. The number of rotatable bonds is 3. The summed E-state index contributed by atoms with van der Waals surface area (Å²) in [7, 11) is 0. The minimum atomic E-state index is 0.113. The number of benzene rings is 1. The Kier molecular flexibility index (Phi) is 3.48. The zero-order chi connectivity index (χ0) is 12.3. The third-order valence-electron chi connectivity index (χ3n) is 2.43. The first-order chi connectivity index (χ1) is 8.05. The summed E-state index contributed by atoms with van der Waals surface area (Å²) in [6, 6.07) is 9.83. The molecule has 0 unspecified atom stereocenters. The Bertz CT molecular complexity index is 470. The fourth-order valence-corrected chi connectivity index (χ4v) is 2.32. The number of hydrogen-bond acceptors (Lipinski definition) is 3. The Morgan fingerprint density at radius 2 is 1.88 bits per heavy atom. The van der Waals surface area contributed by atoms with Crippen LogP contribution in [0.3, 0.4) is 0 Å². The van der Waals surface area contributed by atoms with E-state index in [1.807, 2.05) is 30.3 Å². The lowest BCUT2D eigenvalue weighted by Crippen LogP contribution is -2.11. The maximum Gasteiger partial charge on any atom is 0.140 e. The summed E-state index contributed by atoms with van der Waals surface area (Å²) in [5.41, 5.74) is 1.25. The molecule has 17 heavy (non-hydrogen) atoms. The summed E-state index contributed by atoms with van der Waals surface area (Å²) in [6.07, 6.45) is 0. The molecule has 0 bridgehead atoms. The largest absolute Gasteiger partial charge is 0.486 e. The second kappa shape index (κ2) is 4.88. The molecule has 0 aliphatic heterocycles. The van der Waals surface area contributed by atoms with Gasteiger partial charge >= 0.3 is 0 Å². The van der Waals surface area contributed by atoms with E-state index in [1.165, 1.54) is 0 Å². The zero-order valence-corrected chi connectivity index (χ0v) is 11.3. The number of hydrogen-bond donors (Lipinski definition) is 0. The number of thiazole rings is 1. The van der Waals surface area contributed by atoms with Crippen molar-refractivity contribution >= 4 is 11.3 Å². The Morgan fingerprint density at radius 3 is 2.47 bits per heavy atom. The summed E-state index contributed by atoms with van der Waals surface area (Å²) in [5.74, 6) is 0.889. The van der Waals surface area contributed by atoms with Crippen LogP contribution in [-0.2, 0) is 12.0 Å². The van der Waals surface area contributed by atoms with Gasteiger partial charge in [0.2, 0.25) is 0 Å². The highest BCUT2D eigenvalue weighted by Gasteiger charge is 2.17. The molecule has 1 aromatic carbocycles. The van der Waals surface area contributed by atoms with Crippen molar-refractivity contribution in [1.29, 1.82) is 0 Å². The van der Waals surface area contributed by atoms with Gasteiger partial charge in [-0.1, -0.05) is 39.0 Å². The van der Waals surface area contributed by atoms with Gasteiger partial charge in [-0.15, -0.1) is 11.3 Å². The highest BCUT2D eigenvalue weighted by molar-refractivity contribution is 7.09. The molecule has 0 aliphatic rings. The molecule has 0 aliphatic carbocycles. The Labute approximate surface area is 106 Å². The van der Waals surface area contributed by atoms with Gasteiger partial charge in [0.05, 0.1) is 5.69 Å². The number of nitrogens with zero attached hydrogens (tertiary/aromatic N) is 1. The monoisotopic (exact) mass is 247 g/mol. The summed E-state index contributed by atoms with van der Waals surface area (Å²) < 4.78 is 5.67. The molecule has 2 nitrogen and oxygen atoms in total. The van der Waals surface area contributed by atoms with Gasteiger partial charge in [-0.3, -0.25) is 0 Å². The fraction of sp³-hybridized carbons (Fsp3) is 0.357. The van der Waals surface area contributed by atoms with E-state index < -0.39 is 0 Å². The SMILES string of the molecule is CC(C)(C)c1csc(COc2ccccc2)n1. The summed E-state index contributed by atoms with van der Waals surface area (Å²) in [5, 5.41) is 3.14. The summed E-state index contributed by atoms with van der Waals surface area (Å²) in [6.45, 7) is 7.06. The second-order valence-corrected chi connectivity index (χ2v) is 5.92. The van der Waals surface area contributed by atoms with E-state index in [1.54, 1.807) is 11.3 Å². The molecule has 0 spiro atoms. The lowest BCUT2D eigenvalue weighted by atomic mass is 9.93. The van der Waals surface area contributed by atoms with E-state index in [2.05, 4.69) is 31.1 Å². The van der Waals surface area contributed by atoms with Gasteiger partial charge in [0.15, 0.2) is 0 Å². The maximum absolute atomic E-state index is 5.67. The molecule has 0 atom stereocenters. The first kappa shape index (κ1) is 12.1. The molecule has 0 amide bonds. The molecule has 2 rings (SSSR count). The summed E-state index contributed by atoms with van der Waals surface area (Å²) >= 11 is 1.66. The Hall–Kier alpha value is -1.35. The van der Waals surface area contributed by atoms with Crippen LogP contribution in [0.25, 0.3) is 0 Å². The van der Waals surface area contributed by atoms with Gasteiger partial charge in [0, 0.05) is 10.8 Å². The van der Waals surface area contributed by atoms with Crippen LogP contribution in [0.1, 0.15) is 31.5 Å². The molecule has 1 aromatic heterocycles. The van der Waals surface area contributed by atoms with Crippen LogP contribution < -0.4 is 4.74 Å². The first-order valence-corrected chi connectivity index (χ1v) is 6.56. The molecular formula is C14H17NOS. The molecule has 2 aromatic rings. The van der Waals surface area contributed by atoms with Crippen LogP contribution in [0.4, 0.5) is 0 Å². The van der Waals surface area contributed by atoms with E-state index in [9.17, 15) is 0 Å². The van der Waals surface area contributed by atoms with E-state index in [-0.39, 0.29) is 5.41 Å². The van der Waals surface area contributed by atoms with Gasteiger partial charge in [-0.2, -0.15) is 0 Å². The third-order valence-corrected chi connectivity index (χ3v) is 3.25. The number of para-hydroxylation sites is 1. The number of aromatic nitrogens is 1. The quantitative estimate of drug-likeness (QED) is 0.817. The normalized spacial score (nSPS) is 11.5. The lowest BCUT2D eigenvalue weighted by molar-refractivity contribution is 0.305. The van der Waals surface area contributed by atoms with Crippen molar-refractivity contribution in [3.63, 3.8) is 0 Å². The van der Waals surface area contributed by atoms with E-state index in [0.29, 0.717) is 6.61 Å². The van der Waals surface area contributed by atoms with Crippen molar-refractivity contribution in [2.45, 2.75) is 32.8 Å². The first-order valence-electron chi connectivity index (χ1n) is 5.68. The predicted molar refractivity (Wildman–Crippen MR) is 71.6 cm³/mol. The third kappa shape index (κ3) is 3.30. The Morgan fingerprint density at radius 1 is 1.18 bits per heavy atom. The molecule has 1 heterocycles. The van der Waals surface area contributed by atoms with Crippen molar-refractivity contribution in [2.24, 2.45) is 0 Å². The molecule has 0 saturated heterocycles. The highest BCUT2D eigenvalue weighted by Crippen LogP contribution is 2.24. The molecule has 3 heteroatoms. The van der Waals surface area contributed by atoms with Gasteiger partial charge in [0.1, 0.15) is 17.4 Å². The standard InChI is InChI=1S/C14H17NOS/c1-14(2,3)12-10-17-13(15-12)9-16-11-7-5-4-6-8-11/h4-8,10H,9H2,1-3H3. The van der Waals surface area contributed by atoms with Crippen molar-refractivity contribution < 1.29 is 4.74 Å². The average Bonchev–Trinajstić information content (AvgIpc) is 2.76. The highest BCUT2D eigenvalue weighted by atomic mass is 32.1. The average molecular weight is 247 g/mol. The van der Waals surface area contributed by atoms with Crippen LogP contribution in [0, 0.1) is 0 Å². The van der Waals surface area contributed by atoms with E-state index in [0.717, 1.165) is 16.5 Å². The predicted octanol–water partition coefficient (Wildman–Crippen LogP) is 4.02. The lowest BCUT2D eigenvalue weighted by Gasteiger charge is -2.14. The van der Waals surface area contributed by atoms with Crippen LogP contribution in [0.5, 0.6) is 5.75 Å². The Balaban J connectivity index is 1.99. The van der Waals surface area contributed by atoms with Gasteiger partial charge in [-0.25, -0.2) is 4.98 Å². The van der Waals surface area contributed by atoms with Gasteiger partial charge in [-0.05, 0) is 12.1 Å². The molecular weight excluding hydrogens is 230 g/mol. The number of ether oxygens (including phenoxy) is 1. The smallest absolute Gasteiger partial charge is 0.140 e. The maximum atomic E-state index is 5.67. The van der Waals surface area contributed by atoms with Crippen LogP contribution in [-0.4, -0.2) is 4.98 Å². The van der Waals surface area contributed by atoms with E-state index in [4.69, 9.17) is 4.74 Å². The van der Waals surface area contributed by atoms with E-state index >= 15 is 0 Å². The van der Waals surface area contributed by atoms with Crippen molar-refractivity contribution in [2.75, 3.05) is 0 Å². The van der Waals surface area contributed by atoms with Gasteiger partial charge in [0.25, 0.3) is 0 Å². The van der Waals surface area contributed by atoms with Crippen molar-refractivity contribution in [3.05, 3.63) is 46.4 Å². The molecule has 0 N–H and O–H groups in total. The van der Waals surface area contributed by atoms with Crippen molar-refractivity contribution in [1.82, 2.24) is 4.98 Å². The van der Waals surface area contributed by atoms with Crippen LogP contribution >= 0.6 is 11.3 Å². The molecule has 90 valence electrons. The topological polar surface area (TPSA) is 22.1 Å². The summed E-state index contributed by atoms with van der Waals surface area (Å²) in [4.78, 5) is 4.59. The molecule has 0 fully saturated rings. The van der Waals surface area contributed by atoms with Crippen LogP contribution in [0.15, 0.2) is 35.7 Å². The minimum absolute atomic E-state index is 0.113. The minimum Gasteiger partial charge on any atom is -0.486 e.